The lowest BCUT2D eigenvalue weighted by Gasteiger charge is -2.08. The van der Waals surface area contributed by atoms with Crippen LogP contribution in [0.1, 0.15) is 16.8 Å². The third-order valence-electron chi connectivity index (χ3n) is 3.52. The number of hydrogen-bond acceptors (Lipinski definition) is 4. The van der Waals surface area contributed by atoms with Gasteiger partial charge in [-0.3, -0.25) is 5.10 Å². The van der Waals surface area contributed by atoms with Crippen LogP contribution >= 0.6 is 0 Å². The zero-order chi connectivity index (χ0) is 16.3. The lowest BCUT2D eigenvalue weighted by atomic mass is 9.98. The fourth-order valence-corrected chi connectivity index (χ4v) is 2.24. The number of nitrogens with two attached hydrogens (primary N) is 1. The molecule has 0 bridgehead atoms. The first kappa shape index (κ1) is 16.1. The van der Waals surface area contributed by atoms with E-state index < -0.39 is 10.9 Å². The van der Waals surface area contributed by atoms with Crippen LogP contribution in [-0.2, 0) is 10.9 Å². The Morgan fingerprint density at radius 3 is 2.55 bits per heavy atom. The molecule has 0 spiro atoms. The molecule has 0 radical (unpaired) electrons. The van der Waals surface area contributed by atoms with Gasteiger partial charge in [-0.1, -0.05) is 18.2 Å². The fraction of sp³-hybridized carbons (Fsp3) is 0.200. The van der Waals surface area contributed by atoms with Crippen molar-refractivity contribution < 1.29 is 8.42 Å². The molecule has 0 amide bonds. The highest BCUT2D eigenvalue weighted by Crippen LogP contribution is 2.27. The summed E-state index contributed by atoms with van der Waals surface area (Å²) in [6, 6.07) is 8.52. The maximum atomic E-state index is 8.81. The van der Waals surface area contributed by atoms with E-state index in [1.807, 2.05) is 13.1 Å². The fourth-order valence-electron chi connectivity index (χ4n) is 2.24. The first-order chi connectivity index (χ1) is 10.4. The van der Waals surface area contributed by atoms with E-state index in [4.69, 9.17) is 8.42 Å². The van der Waals surface area contributed by atoms with Crippen molar-refractivity contribution in [3.8, 4) is 11.1 Å². The van der Waals surface area contributed by atoms with Gasteiger partial charge in [0.2, 0.25) is 0 Å². The van der Waals surface area contributed by atoms with E-state index in [0.29, 0.717) is 0 Å². The molecule has 7 heteroatoms. The average Bonchev–Trinajstić information content (AvgIpc) is 2.82. The number of aryl methyl sites for hydroxylation is 2. The molecule has 0 aliphatic carbocycles. The summed E-state index contributed by atoms with van der Waals surface area (Å²) < 4.78 is 17.6. The Labute approximate surface area is 130 Å². The molecular formula is C15H18N4O2S. The second kappa shape index (κ2) is 6.67. The summed E-state index contributed by atoms with van der Waals surface area (Å²) in [6.45, 7) is 6.28. The van der Waals surface area contributed by atoms with Gasteiger partial charge in [-0.15, -0.1) is 0 Å². The molecule has 3 N–H and O–H groups in total. The number of hydrogen-bond donors (Lipinski definition) is 3. The van der Waals surface area contributed by atoms with Crippen molar-refractivity contribution in [1.29, 1.82) is 0 Å². The third kappa shape index (κ3) is 3.49. The van der Waals surface area contributed by atoms with E-state index in [1.165, 1.54) is 16.7 Å². The minimum Gasteiger partial charge on any atom is -0.261 e. The molecule has 0 saturated heterocycles. The molecule has 3 aromatic rings. The van der Waals surface area contributed by atoms with Crippen molar-refractivity contribution >= 4 is 21.9 Å². The Morgan fingerprint density at radius 2 is 1.86 bits per heavy atom. The summed E-state index contributed by atoms with van der Waals surface area (Å²) in [5.74, 6) is 0. The van der Waals surface area contributed by atoms with Gasteiger partial charge in [-0.05, 0) is 43.5 Å². The van der Waals surface area contributed by atoms with E-state index in [0.717, 1.165) is 22.3 Å². The monoisotopic (exact) mass is 318 g/mol. The Balaban J connectivity index is 0.000000396. The van der Waals surface area contributed by atoms with Gasteiger partial charge in [0.05, 0.1) is 5.69 Å². The topological polar surface area (TPSA) is 102 Å². The third-order valence-corrected chi connectivity index (χ3v) is 3.52. The second-order valence-electron chi connectivity index (χ2n) is 4.96. The summed E-state index contributed by atoms with van der Waals surface area (Å²) in [7, 11) is -2.62. The van der Waals surface area contributed by atoms with Crippen molar-refractivity contribution in [1.82, 2.24) is 15.2 Å². The molecule has 0 aliphatic heterocycles. The Morgan fingerprint density at radius 1 is 1.18 bits per heavy atom. The molecule has 0 unspecified atom stereocenters. The minimum absolute atomic E-state index is 0.849. The van der Waals surface area contributed by atoms with E-state index in [9.17, 15) is 0 Å². The first-order valence-corrected chi connectivity index (χ1v) is 7.91. The summed E-state index contributed by atoms with van der Waals surface area (Å²) in [6.07, 6.45) is 1.90. The molecule has 0 aliphatic rings. The molecule has 0 fully saturated rings. The smallest absolute Gasteiger partial charge is 0.198 e. The van der Waals surface area contributed by atoms with E-state index in [1.54, 1.807) is 0 Å². The largest absolute Gasteiger partial charge is 0.261 e. The number of nitrogens with zero attached hydrogens (tertiary/aromatic N) is 2. The van der Waals surface area contributed by atoms with Gasteiger partial charge in [0.25, 0.3) is 0 Å². The average molecular weight is 318 g/mol. The molecular weight excluding hydrogens is 300 g/mol. The number of fused-ring (bicyclic) bond motifs is 1. The van der Waals surface area contributed by atoms with Crippen LogP contribution < -0.4 is 5.14 Å². The zero-order valence-corrected chi connectivity index (χ0v) is 13.5. The standard InChI is InChI=1S/C15H15N3.H3NO2S/c1-9-5-4-6-13(10(9)2)12-7-14-11(3)17-18-15(14)16-8-12;1-4(2)3/h4-8H,1-3H3,(H,16,17,18);4H,(H2,1,2,3). The SMILES string of the molecule is Cc1cccc(-c2cnc3[nH]nc(C)c3c2)c1C.N[SH](=O)=O. The van der Waals surface area contributed by atoms with Crippen molar-refractivity contribution in [3.05, 3.63) is 47.3 Å². The van der Waals surface area contributed by atoms with E-state index in [-0.39, 0.29) is 0 Å². The van der Waals surface area contributed by atoms with Crippen molar-refractivity contribution in [3.63, 3.8) is 0 Å². The molecule has 0 atom stereocenters. The molecule has 1 aromatic carbocycles. The van der Waals surface area contributed by atoms with Crippen molar-refractivity contribution in [2.75, 3.05) is 0 Å². The number of benzene rings is 1. The molecule has 22 heavy (non-hydrogen) atoms. The number of aromatic amines is 1. The highest BCUT2D eigenvalue weighted by atomic mass is 32.2. The highest BCUT2D eigenvalue weighted by Gasteiger charge is 2.08. The molecule has 2 heterocycles. The summed E-state index contributed by atoms with van der Waals surface area (Å²) in [5, 5.41) is 12.3. The van der Waals surface area contributed by atoms with Gasteiger partial charge in [0.15, 0.2) is 16.5 Å². The summed E-state index contributed by atoms with van der Waals surface area (Å²) in [5.41, 5.74) is 6.83. The van der Waals surface area contributed by atoms with Crippen LogP contribution in [0.4, 0.5) is 0 Å². The van der Waals surface area contributed by atoms with Crippen LogP contribution in [0.5, 0.6) is 0 Å². The van der Waals surface area contributed by atoms with Crippen LogP contribution in [0, 0.1) is 20.8 Å². The number of pyridine rings is 1. The summed E-state index contributed by atoms with van der Waals surface area (Å²) >= 11 is 0. The van der Waals surface area contributed by atoms with E-state index >= 15 is 0 Å². The molecule has 6 nitrogen and oxygen atoms in total. The predicted octanol–water partition coefficient (Wildman–Crippen LogP) is 2.02. The quantitative estimate of drug-likeness (QED) is 0.597. The summed E-state index contributed by atoms with van der Waals surface area (Å²) in [4.78, 5) is 4.43. The Hall–Kier alpha value is -2.25. The van der Waals surface area contributed by atoms with Crippen molar-refractivity contribution in [2.45, 2.75) is 20.8 Å². The van der Waals surface area contributed by atoms with Gasteiger partial charge in [0, 0.05) is 17.1 Å². The second-order valence-corrected chi connectivity index (χ2v) is 5.53. The first-order valence-electron chi connectivity index (χ1n) is 6.66. The molecule has 3 rings (SSSR count). The number of thiol groups is 1. The van der Waals surface area contributed by atoms with Gasteiger partial charge in [-0.2, -0.15) is 5.10 Å². The van der Waals surface area contributed by atoms with Crippen LogP contribution in [0.15, 0.2) is 30.5 Å². The number of H-pyrrole nitrogens is 1. The maximum absolute atomic E-state index is 8.81. The van der Waals surface area contributed by atoms with E-state index in [2.05, 4.69) is 58.4 Å². The van der Waals surface area contributed by atoms with Gasteiger partial charge in [0.1, 0.15) is 0 Å². The highest BCUT2D eigenvalue weighted by molar-refractivity contribution is 7.69. The van der Waals surface area contributed by atoms with Crippen molar-refractivity contribution in [2.24, 2.45) is 5.14 Å². The van der Waals surface area contributed by atoms with Gasteiger partial charge < -0.3 is 0 Å². The van der Waals surface area contributed by atoms with Crippen LogP contribution in [0.3, 0.4) is 0 Å². The van der Waals surface area contributed by atoms with Crippen LogP contribution in [-0.4, -0.2) is 23.6 Å². The minimum atomic E-state index is -2.62. The molecule has 116 valence electrons. The Bertz CT molecular complexity index is 876. The zero-order valence-electron chi connectivity index (χ0n) is 12.6. The number of nitrogens with one attached hydrogen (secondary N) is 1. The normalized spacial score (nSPS) is 10.6. The lowest BCUT2D eigenvalue weighted by molar-refractivity contribution is 0.616. The van der Waals surface area contributed by atoms with Gasteiger partial charge in [-0.25, -0.2) is 18.5 Å². The number of aromatic nitrogens is 3. The predicted molar refractivity (Wildman–Crippen MR) is 88.0 cm³/mol. The lowest BCUT2D eigenvalue weighted by Crippen LogP contribution is -1.88. The molecule has 2 aromatic heterocycles. The van der Waals surface area contributed by atoms with Crippen LogP contribution in [0.25, 0.3) is 22.2 Å². The number of rotatable bonds is 1. The van der Waals surface area contributed by atoms with Crippen LogP contribution in [0.2, 0.25) is 0 Å². The Kier molecular flexibility index (Phi) is 4.89. The molecule has 0 saturated carbocycles. The maximum Gasteiger partial charge on any atom is 0.198 e. The van der Waals surface area contributed by atoms with Gasteiger partial charge >= 0.3 is 0 Å².